The summed E-state index contributed by atoms with van der Waals surface area (Å²) < 4.78 is 14.1. The minimum absolute atomic E-state index is 0.307. The molecule has 9 nitrogen and oxygen atoms in total. The van der Waals surface area contributed by atoms with Gasteiger partial charge in [-0.25, -0.2) is 4.79 Å². The van der Waals surface area contributed by atoms with E-state index in [-0.39, 0.29) is 5.91 Å². The second kappa shape index (κ2) is 8.13. The fourth-order valence-electron chi connectivity index (χ4n) is 2.75. The zero-order valence-corrected chi connectivity index (χ0v) is 15.0. The van der Waals surface area contributed by atoms with E-state index in [0.29, 0.717) is 49.5 Å². The predicted octanol–water partition coefficient (Wildman–Crippen LogP) is -0.549. The average Bonchev–Trinajstić information content (AvgIpc) is 2.99. The van der Waals surface area contributed by atoms with E-state index >= 15 is 0 Å². The summed E-state index contributed by atoms with van der Waals surface area (Å²) >= 11 is 0. The van der Waals surface area contributed by atoms with Crippen LogP contribution >= 0.6 is 0 Å². The van der Waals surface area contributed by atoms with Gasteiger partial charge in [0.2, 0.25) is 0 Å². The molecular weight excluding hydrogens is 328 g/mol. The summed E-state index contributed by atoms with van der Waals surface area (Å²) in [6.07, 6.45) is 0.681. The maximum atomic E-state index is 12.5. The first-order valence-electron chi connectivity index (χ1n) is 7.99. The number of carbonyl (C=O) groups excluding carboxylic acids is 1. The fourth-order valence-corrected chi connectivity index (χ4v) is 2.75. The number of hydrogen-bond acceptors (Lipinski definition) is 5. The van der Waals surface area contributed by atoms with Crippen molar-refractivity contribution in [3.05, 3.63) is 32.6 Å². The number of aryl methyl sites for hydroxylation is 1. The van der Waals surface area contributed by atoms with Crippen LogP contribution in [0.3, 0.4) is 0 Å². The highest BCUT2D eigenvalue weighted by molar-refractivity contribution is 5.97. The zero-order valence-electron chi connectivity index (χ0n) is 15.0. The van der Waals surface area contributed by atoms with Crippen LogP contribution in [0.1, 0.15) is 16.9 Å². The quantitative estimate of drug-likeness (QED) is 0.643. The molecule has 0 atom stereocenters. The van der Waals surface area contributed by atoms with Gasteiger partial charge in [0.25, 0.3) is 11.5 Å². The van der Waals surface area contributed by atoms with E-state index in [1.807, 2.05) is 0 Å². The van der Waals surface area contributed by atoms with Gasteiger partial charge in [-0.05, 0) is 12.5 Å². The van der Waals surface area contributed by atoms with Crippen LogP contribution in [0.4, 0.5) is 0 Å². The predicted molar refractivity (Wildman–Crippen MR) is 93.1 cm³/mol. The van der Waals surface area contributed by atoms with Gasteiger partial charge >= 0.3 is 5.69 Å². The maximum absolute atomic E-state index is 12.5. The van der Waals surface area contributed by atoms with Crippen molar-refractivity contribution in [2.75, 3.05) is 34.0 Å². The Morgan fingerprint density at radius 2 is 1.80 bits per heavy atom. The minimum Gasteiger partial charge on any atom is -0.385 e. The highest BCUT2D eigenvalue weighted by Gasteiger charge is 2.20. The van der Waals surface area contributed by atoms with Crippen LogP contribution in [0.15, 0.2) is 15.7 Å². The van der Waals surface area contributed by atoms with Crippen LogP contribution in [-0.4, -0.2) is 53.6 Å². The third kappa shape index (κ3) is 3.67. The topological polar surface area (TPSA) is 96.5 Å². The first kappa shape index (κ1) is 18.9. The van der Waals surface area contributed by atoms with Gasteiger partial charge in [0.15, 0.2) is 0 Å². The molecular formula is C16H24N4O5. The third-order valence-corrected chi connectivity index (χ3v) is 4.06. The Labute approximate surface area is 144 Å². The summed E-state index contributed by atoms with van der Waals surface area (Å²) in [5.74, 6) is -0.307. The molecule has 1 N–H and O–H groups in total. The first-order chi connectivity index (χ1) is 11.9. The van der Waals surface area contributed by atoms with Gasteiger partial charge in [0.1, 0.15) is 11.3 Å². The molecule has 0 unspecified atom stereocenters. The lowest BCUT2D eigenvalue weighted by atomic mass is 10.3. The van der Waals surface area contributed by atoms with E-state index in [2.05, 4.69) is 5.32 Å². The van der Waals surface area contributed by atoms with Crippen molar-refractivity contribution >= 4 is 16.9 Å². The van der Waals surface area contributed by atoms with Crippen molar-refractivity contribution in [2.45, 2.75) is 13.0 Å². The smallest absolute Gasteiger partial charge is 0.332 e. The van der Waals surface area contributed by atoms with Crippen molar-refractivity contribution in [3.63, 3.8) is 0 Å². The molecule has 1 amide bonds. The van der Waals surface area contributed by atoms with Crippen LogP contribution in [0.25, 0.3) is 11.0 Å². The Morgan fingerprint density at radius 1 is 1.12 bits per heavy atom. The number of ether oxygens (including phenoxy) is 2. The van der Waals surface area contributed by atoms with Crippen LogP contribution < -0.4 is 16.6 Å². The Balaban J connectivity index is 2.53. The number of methoxy groups -OCH3 is 2. The number of fused-ring (bicyclic) bond motifs is 1. The molecule has 0 aliphatic carbocycles. The van der Waals surface area contributed by atoms with Crippen LogP contribution in [0.2, 0.25) is 0 Å². The molecule has 0 aliphatic heterocycles. The highest BCUT2D eigenvalue weighted by atomic mass is 16.5. The Kier molecular flexibility index (Phi) is 6.16. The SMILES string of the molecule is COCCCNC(=O)c1cc2c(=O)n(C)c(=O)n(C)c2n1CCOC. The number of carbonyl (C=O) groups is 1. The van der Waals surface area contributed by atoms with Gasteiger partial charge in [0.05, 0.1) is 12.0 Å². The van der Waals surface area contributed by atoms with E-state index < -0.39 is 11.2 Å². The Bertz CT molecular complexity index is 877. The van der Waals surface area contributed by atoms with Crippen molar-refractivity contribution in [2.24, 2.45) is 14.1 Å². The molecule has 0 bridgehead atoms. The largest absolute Gasteiger partial charge is 0.385 e. The summed E-state index contributed by atoms with van der Waals surface area (Å²) in [6.45, 7) is 1.69. The number of aromatic nitrogens is 3. The normalized spacial score (nSPS) is 11.2. The van der Waals surface area contributed by atoms with Crippen molar-refractivity contribution in [1.82, 2.24) is 19.0 Å². The molecule has 9 heteroatoms. The molecule has 0 radical (unpaired) electrons. The van der Waals surface area contributed by atoms with E-state index in [9.17, 15) is 14.4 Å². The minimum atomic E-state index is -0.443. The number of nitrogens with zero attached hydrogens (tertiary/aromatic N) is 3. The van der Waals surface area contributed by atoms with Crippen LogP contribution in [-0.2, 0) is 30.1 Å². The van der Waals surface area contributed by atoms with Gasteiger partial charge in [-0.1, -0.05) is 0 Å². The second-order valence-electron chi connectivity index (χ2n) is 5.72. The van der Waals surface area contributed by atoms with E-state index in [1.165, 1.54) is 17.7 Å². The lowest BCUT2D eigenvalue weighted by molar-refractivity contribution is 0.0937. The molecule has 2 heterocycles. The van der Waals surface area contributed by atoms with E-state index in [0.717, 1.165) is 4.57 Å². The average molecular weight is 352 g/mol. The van der Waals surface area contributed by atoms with Gasteiger partial charge < -0.3 is 19.4 Å². The highest BCUT2D eigenvalue weighted by Crippen LogP contribution is 2.15. The molecule has 2 aromatic rings. The van der Waals surface area contributed by atoms with Crippen LogP contribution in [0.5, 0.6) is 0 Å². The van der Waals surface area contributed by atoms with Gasteiger partial charge in [-0.3, -0.25) is 18.7 Å². The monoisotopic (exact) mass is 352 g/mol. The molecule has 0 spiro atoms. The molecule has 138 valence electrons. The van der Waals surface area contributed by atoms with Gasteiger partial charge in [-0.15, -0.1) is 0 Å². The zero-order chi connectivity index (χ0) is 18.6. The molecule has 2 aromatic heterocycles. The number of nitrogens with one attached hydrogen (secondary N) is 1. The summed E-state index contributed by atoms with van der Waals surface area (Å²) in [6, 6.07) is 1.53. The second-order valence-corrected chi connectivity index (χ2v) is 5.72. The van der Waals surface area contributed by atoms with E-state index in [1.54, 1.807) is 25.8 Å². The number of rotatable bonds is 8. The summed E-state index contributed by atoms with van der Waals surface area (Å²) in [5, 5.41) is 3.12. The lowest BCUT2D eigenvalue weighted by Gasteiger charge is -2.12. The van der Waals surface area contributed by atoms with Gasteiger partial charge in [-0.2, -0.15) is 0 Å². The number of hydrogen-bond donors (Lipinski definition) is 1. The van der Waals surface area contributed by atoms with Gasteiger partial charge in [0, 0.05) is 48.0 Å². The summed E-state index contributed by atoms with van der Waals surface area (Å²) in [5.41, 5.74) is -0.140. The van der Waals surface area contributed by atoms with Crippen molar-refractivity contribution < 1.29 is 14.3 Å². The van der Waals surface area contributed by atoms with Crippen molar-refractivity contribution in [3.8, 4) is 0 Å². The molecule has 0 aromatic carbocycles. The molecule has 0 fully saturated rings. The fraction of sp³-hybridized carbons (Fsp3) is 0.562. The maximum Gasteiger partial charge on any atom is 0.332 e. The molecule has 25 heavy (non-hydrogen) atoms. The number of amides is 1. The molecule has 0 aliphatic rings. The Hall–Kier alpha value is -2.39. The molecule has 2 rings (SSSR count). The van der Waals surface area contributed by atoms with Crippen molar-refractivity contribution in [1.29, 1.82) is 0 Å². The van der Waals surface area contributed by atoms with E-state index in [4.69, 9.17) is 9.47 Å². The Morgan fingerprint density at radius 3 is 2.44 bits per heavy atom. The third-order valence-electron chi connectivity index (χ3n) is 4.06. The summed E-state index contributed by atoms with van der Waals surface area (Å²) in [7, 11) is 6.14. The standard InChI is InChI=1S/C16H24N4O5/c1-18-14-11(15(22)19(2)16(18)23)10-12(20(14)7-9-25-4)13(21)17-6-5-8-24-3/h10H,5-9H2,1-4H3,(H,17,21). The lowest BCUT2D eigenvalue weighted by Crippen LogP contribution is -2.37. The van der Waals surface area contributed by atoms with Crippen LogP contribution in [0, 0.1) is 0 Å². The first-order valence-corrected chi connectivity index (χ1v) is 7.99. The molecule has 0 saturated heterocycles. The molecule has 0 saturated carbocycles. The summed E-state index contributed by atoms with van der Waals surface area (Å²) in [4.78, 5) is 37.2.